The summed E-state index contributed by atoms with van der Waals surface area (Å²) in [7, 11) is 0. The Morgan fingerprint density at radius 3 is 2.62 bits per heavy atom. The van der Waals surface area contributed by atoms with Gasteiger partial charge in [-0.15, -0.1) is 0 Å². The summed E-state index contributed by atoms with van der Waals surface area (Å²) in [6.45, 7) is 4.03. The molecule has 0 aromatic heterocycles. The summed E-state index contributed by atoms with van der Waals surface area (Å²) in [4.78, 5) is 15.6. The minimum Gasteiger partial charge on any atom is -0.294 e. The van der Waals surface area contributed by atoms with Gasteiger partial charge in [-0.25, -0.2) is 4.99 Å². The Kier molecular flexibility index (Phi) is 5.15. The van der Waals surface area contributed by atoms with E-state index in [1.54, 1.807) is 0 Å². The van der Waals surface area contributed by atoms with Crippen LogP contribution >= 0.6 is 0 Å². The molecule has 0 aromatic carbocycles. The van der Waals surface area contributed by atoms with Crippen molar-refractivity contribution in [3.8, 4) is 0 Å². The molecule has 1 aliphatic heterocycles. The number of carbonyl (C=O) groups is 1. The van der Waals surface area contributed by atoms with Crippen LogP contribution in [-0.4, -0.2) is 17.6 Å². The van der Waals surface area contributed by atoms with Crippen LogP contribution in [0.2, 0.25) is 0 Å². The molecule has 16 heavy (non-hydrogen) atoms. The molecular formula is C12H21N3O. The summed E-state index contributed by atoms with van der Waals surface area (Å²) in [5.41, 5.74) is 0.782. The molecule has 0 bridgehead atoms. The van der Waals surface area contributed by atoms with Crippen LogP contribution in [-0.2, 0) is 4.79 Å². The normalized spacial score (nSPS) is 20.6. The molecule has 1 aliphatic rings. The van der Waals surface area contributed by atoms with Gasteiger partial charge in [-0.1, -0.05) is 39.0 Å². The van der Waals surface area contributed by atoms with E-state index in [-0.39, 0.29) is 17.8 Å². The molecule has 1 unspecified atom stereocenters. The summed E-state index contributed by atoms with van der Waals surface area (Å²) in [6, 6.07) is 0. The first-order chi connectivity index (χ1) is 7.65. The van der Waals surface area contributed by atoms with Gasteiger partial charge in [0.05, 0.1) is 5.92 Å². The van der Waals surface area contributed by atoms with E-state index in [2.05, 4.69) is 17.2 Å². The van der Waals surface area contributed by atoms with Crippen LogP contribution in [0, 0.1) is 11.3 Å². The first kappa shape index (κ1) is 12.9. The molecule has 1 amide bonds. The van der Waals surface area contributed by atoms with E-state index in [0.717, 1.165) is 18.6 Å². The highest BCUT2D eigenvalue weighted by Gasteiger charge is 2.25. The van der Waals surface area contributed by atoms with E-state index in [4.69, 9.17) is 5.41 Å². The van der Waals surface area contributed by atoms with Crippen molar-refractivity contribution in [2.45, 2.75) is 52.4 Å². The first-order valence-electron chi connectivity index (χ1n) is 6.09. The van der Waals surface area contributed by atoms with Crippen molar-refractivity contribution in [2.75, 3.05) is 0 Å². The number of hydrogen-bond acceptors (Lipinski definition) is 2. The molecule has 0 saturated carbocycles. The van der Waals surface area contributed by atoms with Crippen LogP contribution in [0.25, 0.3) is 0 Å². The number of nitrogens with one attached hydrogen (secondary N) is 2. The minimum atomic E-state index is -0.115. The largest absolute Gasteiger partial charge is 0.294 e. The molecule has 1 heterocycles. The number of amides is 1. The fourth-order valence-corrected chi connectivity index (χ4v) is 1.97. The number of rotatable bonds is 6. The second kappa shape index (κ2) is 6.40. The smallest absolute Gasteiger partial charge is 0.235 e. The maximum atomic E-state index is 11.6. The number of carbonyl (C=O) groups excluding carboxylic acids is 1. The number of guanidine groups is 1. The van der Waals surface area contributed by atoms with Crippen LogP contribution in [0.4, 0.5) is 0 Å². The Balaban J connectivity index is 2.33. The molecule has 2 N–H and O–H groups in total. The van der Waals surface area contributed by atoms with E-state index >= 15 is 0 Å². The van der Waals surface area contributed by atoms with Gasteiger partial charge in [0.25, 0.3) is 0 Å². The Morgan fingerprint density at radius 2 is 2.00 bits per heavy atom. The van der Waals surface area contributed by atoms with Crippen molar-refractivity contribution in [3.63, 3.8) is 0 Å². The Labute approximate surface area is 97.0 Å². The van der Waals surface area contributed by atoms with Crippen LogP contribution in [0.3, 0.4) is 0 Å². The number of aliphatic imine (C=N–C) groups is 1. The highest BCUT2D eigenvalue weighted by atomic mass is 16.2. The Hall–Kier alpha value is -1.19. The van der Waals surface area contributed by atoms with Crippen LogP contribution < -0.4 is 5.32 Å². The third-order valence-electron chi connectivity index (χ3n) is 2.95. The van der Waals surface area contributed by atoms with Gasteiger partial charge in [0, 0.05) is 5.71 Å². The summed E-state index contributed by atoms with van der Waals surface area (Å²) >= 11 is 0. The van der Waals surface area contributed by atoms with E-state index in [1.807, 2.05) is 6.92 Å². The van der Waals surface area contributed by atoms with Gasteiger partial charge in [0.2, 0.25) is 11.9 Å². The summed E-state index contributed by atoms with van der Waals surface area (Å²) in [6.07, 6.45) is 6.87. The standard InChI is InChI=1S/C12H21N3O/c1-3-4-5-6-7-8-10-9(2)14-12(13)15-11(10)16/h10H,3-8H2,1-2H3,(H2,13,15,16). The van der Waals surface area contributed by atoms with Crippen molar-refractivity contribution in [1.29, 1.82) is 5.41 Å². The van der Waals surface area contributed by atoms with Gasteiger partial charge < -0.3 is 0 Å². The van der Waals surface area contributed by atoms with Gasteiger partial charge in [0.1, 0.15) is 0 Å². The lowest BCUT2D eigenvalue weighted by molar-refractivity contribution is -0.122. The highest BCUT2D eigenvalue weighted by molar-refractivity contribution is 6.16. The van der Waals surface area contributed by atoms with Crippen molar-refractivity contribution in [1.82, 2.24) is 5.32 Å². The molecule has 4 heteroatoms. The zero-order valence-electron chi connectivity index (χ0n) is 10.2. The second-order valence-electron chi connectivity index (χ2n) is 4.35. The highest BCUT2D eigenvalue weighted by Crippen LogP contribution is 2.16. The SMILES string of the molecule is CCCCCCCC1C(=O)NC(=N)N=C1C. The average Bonchev–Trinajstić information content (AvgIpc) is 2.20. The van der Waals surface area contributed by atoms with E-state index in [9.17, 15) is 4.79 Å². The molecular weight excluding hydrogens is 202 g/mol. The van der Waals surface area contributed by atoms with Crippen molar-refractivity contribution in [3.05, 3.63) is 0 Å². The number of unbranched alkanes of at least 4 members (excludes halogenated alkanes) is 4. The molecule has 1 rings (SSSR count). The third-order valence-corrected chi connectivity index (χ3v) is 2.95. The lowest BCUT2D eigenvalue weighted by atomic mass is 9.94. The van der Waals surface area contributed by atoms with Crippen LogP contribution in [0.1, 0.15) is 52.4 Å². The molecule has 90 valence electrons. The Bertz CT molecular complexity index is 297. The first-order valence-corrected chi connectivity index (χ1v) is 6.09. The fourth-order valence-electron chi connectivity index (χ4n) is 1.97. The van der Waals surface area contributed by atoms with Gasteiger partial charge in [0.15, 0.2) is 0 Å². The van der Waals surface area contributed by atoms with E-state index in [1.165, 1.54) is 25.7 Å². The number of hydrogen-bond donors (Lipinski definition) is 2. The zero-order chi connectivity index (χ0) is 12.0. The fraction of sp³-hybridized carbons (Fsp3) is 0.750. The van der Waals surface area contributed by atoms with Gasteiger partial charge in [-0.2, -0.15) is 0 Å². The molecule has 1 atom stereocenters. The van der Waals surface area contributed by atoms with Gasteiger partial charge in [-0.3, -0.25) is 15.5 Å². The van der Waals surface area contributed by atoms with E-state index < -0.39 is 0 Å². The van der Waals surface area contributed by atoms with Crippen molar-refractivity contribution < 1.29 is 4.79 Å². The van der Waals surface area contributed by atoms with E-state index in [0.29, 0.717) is 0 Å². The molecule has 0 fully saturated rings. The van der Waals surface area contributed by atoms with Crippen LogP contribution in [0.15, 0.2) is 4.99 Å². The van der Waals surface area contributed by atoms with Crippen molar-refractivity contribution in [2.24, 2.45) is 10.9 Å². The Morgan fingerprint density at radius 1 is 1.31 bits per heavy atom. The molecule has 0 spiro atoms. The monoisotopic (exact) mass is 223 g/mol. The van der Waals surface area contributed by atoms with Gasteiger partial charge in [-0.05, 0) is 13.3 Å². The third kappa shape index (κ3) is 3.76. The second-order valence-corrected chi connectivity index (χ2v) is 4.35. The topological polar surface area (TPSA) is 65.3 Å². The lowest BCUT2D eigenvalue weighted by Crippen LogP contribution is -2.42. The lowest BCUT2D eigenvalue weighted by Gasteiger charge is -2.20. The predicted molar refractivity (Wildman–Crippen MR) is 65.8 cm³/mol. The maximum Gasteiger partial charge on any atom is 0.235 e. The van der Waals surface area contributed by atoms with Crippen molar-refractivity contribution >= 4 is 17.6 Å². The molecule has 0 aromatic rings. The summed E-state index contributed by atoms with van der Waals surface area (Å²) in [5, 5.41) is 9.76. The summed E-state index contributed by atoms with van der Waals surface area (Å²) in [5.74, 6) is -0.201. The van der Waals surface area contributed by atoms with Crippen LogP contribution in [0.5, 0.6) is 0 Å². The molecule has 4 nitrogen and oxygen atoms in total. The average molecular weight is 223 g/mol. The predicted octanol–water partition coefficient (Wildman–Crippen LogP) is 2.49. The quantitative estimate of drug-likeness (QED) is 0.667. The number of nitrogens with zero attached hydrogens (tertiary/aromatic N) is 1. The maximum absolute atomic E-state index is 11.6. The zero-order valence-corrected chi connectivity index (χ0v) is 10.2. The molecule has 0 aliphatic carbocycles. The molecule has 0 saturated heterocycles. The molecule has 0 radical (unpaired) electrons. The summed E-state index contributed by atoms with van der Waals surface area (Å²) < 4.78 is 0. The van der Waals surface area contributed by atoms with Gasteiger partial charge >= 0.3 is 0 Å². The minimum absolute atomic E-state index is 0.0234.